The molecule has 3 rings (SSSR count). The number of hydrogen-bond donors (Lipinski definition) is 0. The van der Waals surface area contributed by atoms with Gasteiger partial charge < -0.3 is 0 Å². The van der Waals surface area contributed by atoms with Gasteiger partial charge in [0.1, 0.15) is 0 Å². The molecule has 0 aliphatic rings. The smallest absolute Gasteiger partial charge is 0.0474 e. The van der Waals surface area contributed by atoms with E-state index in [-0.39, 0.29) is 37.1 Å². The summed E-state index contributed by atoms with van der Waals surface area (Å²) in [6.45, 7) is 0. The second-order valence-corrected chi connectivity index (χ2v) is 5.36. The summed E-state index contributed by atoms with van der Waals surface area (Å²) in [5.41, 5.74) is 4.00. The number of rotatable bonds is 4. The van der Waals surface area contributed by atoms with E-state index in [0.29, 0.717) is 5.88 Å². The molecule has 152 valence electrons. The molecule has 0 radical (unpaired) electrons. The predicted octanol–water partition coefficient (Wildman–Crippen LogP) is 9.08. The Kier molecular flexibility index (Phi) is 24.5. The summed E-state index contributed by atoms with van der Waals surface area (Å²) in [6.07, 6.45) is 2.26. The van der Waals surface area contributed by atoms with Gasteiger partial charge in [-0.3, -0.25) is 0 Å². The van der Waals surface area contributed by atoms with Crippen molar-refractivity contribution in [3.05, 3.63) is 108 Å². The van der Waals surface area contributed by atoms with Crippen molar-refractivity contribution < 1.29 is 0 Å². The Morgan fingerprint density at radius 3 is 0.889 bits per heavy atom. The van der Waals surface area contributed by atoms with Crippen molar-refractivity contribution in [2.45, 2.75) is 55.9 Å². The average molecular weight is 389 g/mol. The number of alkyl halides is 1. The maximum atomic E-state index is 5.53. The number of aryl methyl sites for hydroxylation is 2. The summed E-state index contributed by atoms with van der Waals surface area (Å²) in [5, 5.41) is 0. The Bertz CT molecular complexity index is 579. The average Bonchev–Trinajstić information content (AvgIpc) is 2.63. The van der Waals surface area contributed by atoms with Gasteiger partial charge in [0.15, 0.2) is 0 Å². The first-order chi connectivity index (χ1) is 10.9. The van der Waals surface area contributed by atoms with Crippen LogP contribution in [0.15, 0.2) is 91.0 Å². The third-order valence-electron chi connectivity index (χ3n) is 3.39. The zero-order chi connectivity index (χ0) is 15.5. The molecule has 0 fully saturated rings. The SMILES string of the molecule is C.C.C.C.C.ClCc1ccccc1.c1ccc(CCc2ccccc2)cc1. The molecule has 0 saturated heterocycles. The van der Waals surface area contributed by atoms with Crippen molar-refractivity contribution in [3.8, 4) is 0 Å². The van der Waals surface area contributed by atoms with E-state index in [1.165, 1.54) is 16.7 Å². The molecule has 0 atom stereocenters. The van der Waals surface area contributed by atoms with E-state index in [2.05, 4.69) is 60.7 Å². The molecule has 0 aliphatic carbocycles. The molecule has 0 nitrogen and oxygen atoms in total. The first-order valence-corrected chi connectivity index (χ1v) is 8.09. The zero-order valence-electron chi connectivity index (χ0n) is 12.7. The fourth-order valence-electron chi connectivity index (χ4n) is 2.15. The van der Waals surface area contributed by atoms with E-state index in [9.17, 15) is 0 Å². The molecule has 0 unspecified atom stereocenters. The van der Waals surface area contributed by atoms with Gasteiger partial charge in [-0.05, 0) is 29.5 Å². The lowest BCUT2D eigenvalue weighted by atomic mass is 10.0. The van der Waals surface area contributed by atoms with E-state index in [0.717, 1.165) is 12.8 Å². The van der Waals surface area contributed by atoms with Crippen molar-refractivity contribution in [1.29, 1.82) is 0 Å². The van der Waals surface area contributed by atoms with Crippen LogP contribution in [0.3, 0.4) is 0 Å². The molecule has 0 amide bonds. The maximum Gasteiger partial charge on any atom is 0.0474 e. The number of halogens is 1. The standard InChI is InChI=1S/C14H14.C7H7Cl.5CH4/c1-3-7-13(8-4-1)11-12-14-9-5-2-6-10-14;8-6-7-4-2-1-3-5-7;;;;;/h1-10H,11-12H2;1-5H,6H2;5*1H4. The molecule has 27 heavy (non-hydrogen) atoms. The van der Waals surface area contributed by atoms with Crippen molar-refractivity contribution in [3.63, 3.8) is 0 Å². The molecule has 1 heteroatoms. The minimum absolute atomic E-state index is 0. The fraction of sp³-hybridized carbons (Fsp3) is 0.308. The topological polar surface area (TPSA) is 0 Å². The van der Waals surface area contributed by atoms with E-state index < -0.39 is 0 Å². The van der Waals surface area contributed by atoms with Gasteiger partial charge in [0.05, 0.1) is 0 Å². The highest BCUT2D eigenvalue weighted by molar-refractivity contribution is 6.17. The van der Waals surface area contributed by atoms with Crippen LogP contribution in [-0.2, 0) is 18.7 Å². The number of benzene rings is 3. The van der Waals surface area contributed by atoms with Crippen LogP contribution in [0.25, 0.3) is 0 Å². The van der Waals surface area contributed by atoms with Crippen LogP contribution in [0.4, 0.5) is 0 Å². The third-order valence-corrected chi connectivity index (χ3v) is 3.69. The van der Waals surface area contributed by atoms with Crippen molar-refractivity contribution in [2.24, 2.45) is 0 Å². The van der Waals surface area contributed by atoms with E-state index >= 15 is 0 Å². The molecule has 0 spiro atoms. The summed E-state index contributed by atoms with van der Waals surface area (Å²) >= 11 is 5.53. The fourth-order valence-corrected chi connectivity index (χ4v) is 2.32. The Morgan fingerprint density at radius 2 is 0.667 bits per heavy atom. The summed E-state index contributed by atoms with van der Waals surface area (Å²) in [4.78, 5) is 0. The molecule has 0 bridgehead atoms. The second kappa shape index (κ2) is 20.3. The summed E-state index contributed by atoms with van der Waals surface area (Å²) in [5.74, 6) is 0.612. The molecular weight excluding hydrogens is 348 g/mol. The largest absolute Gasteiger partial charge is 0.122 e. The monoisotopic (exact) mass is 388 g/mol. The summed E-state index contributed by atoms with van der Waals surface area (Å²) < 4.78 is 0. The van der Waals surface area contributed by atoms with Crippen LogP contribution in [0.5, 0.6) is 0 Å². The highest BCUT2D eigenvalue weighted by Gasteiger charge is 1.93. The first-order valence-electron chi connectivity index (χ1n) is 7.56. The predicted molar refractivity (Wildman–Crippen MR) is 130 cm³/mol. The minimum atomic E-state index is 0. The minimum Gasteiger partial charge on any atom is -0.122 e. The van der Waals surface area contributed by atoms with Gasteiger partial charge in [-0.2, -0.15) is 0 Å². The van der Waals surface area contributed by atoms with Crippen molar-refractivity contribution in [1.82, 2.24) is 0 Å². The van der Waals surface area contributed by atoms with Crippen molar-refractivity contribution in [2.75, 3.05) is 0 Å². The van der Waals surface area contributed by atoms with Crippen LogP contribution in [0.1, 0.15) is 53.8 Å². The van der Waals surface area contributed by atoms with Crippen molar-refractivity contribution >= 4 is 11.6 Å². The van der Waals surface area contributed by atoms with E-state index in [4.69, 9.17) is 11.6 Å². The molecule has 0 aromatic heterocycles. The Hall–Kier alpha value is -2.05. The van der Waals surface area contributed by atoms with Gasteiger partial charge in [-0.1, -0.05) is 128 Å². The van der Waals surface area contributed by atoms with Gasteiger partial charge in [-0.25, -0.2) is 0 Å². The van der Waals surface area contributed by atoms with Crippen LogP contribution < -0.4 is 0 Å². The Balaban J connectivity index is -0.000000181. The second-order valence-electron chi connectivity index (χ2n) is 5.09. The highest BCUT2D eigenvalue weighted by Crippen LogP contribution is 2.06. The van der Waals surface area contributed by atoms with Crippen LogP contribution in [0, 0.1) is 0 Å². The lowest BCUT2D eigenvalue weighted by Crippen LogP contribution is -1.89. The number of hydrogen-bond acceptors (Lipinski definition) is 0. The normalized spacial score (nSPS) is 7.89. The van der Waals surface area contributed by atoms with Crippen LogP contribution in [-0.4, -0.2) is 0 Å². The maximum absolute atomic E-state index is 5.53. The molecule has 0 heterocycles. The van der Waals surface area contributed by atoms with Gasteiger partial charge in [-0.15, -0.1) is 11.6 Å². The molecule has 3 aromatic rings. The lowest BCUT2D eigenvalue weighted by Gasteiger charge is -2.01. The summed E-state index contributed by atoms with van der Waals surface area (Å²) in [6, 6.07) is 31.2. The third kappa shape index (κ3) is 13.8. The van der Waals surface area contributed by atoms with E-state index in [1.807, 2.05) is 30.3 Å². The first kappa shape index (κ1) is 32.6. The molecular formula is C26H41Cl. The Labute approximate surface area is 175 Å². The van der Waals surface area contributed by atoms with Gasteiger partial charge in [0.2, 0.25) is 0 Å². The zero-order valence-corrected chi connectivity index (χ0v) is 13.4. The molecule has 3 aromatic carbocycles. The van der Waals surface area contributed by atoms with Crippen LogP contribution in [0.2, 0.25) is 0 Å². The van der Waals surface area contributed by atoms with Crippen LogP contribution >= 0.6 is 11.6 Å². The molecule has 0 N–H and O–H groups in total. The van der Waals surface area contributed by atoms with E-state index in [1.54, 1.807) is 0 Å². The lowest BCUT2D eigenvalue weighted by molar-refractivity contribution is 0.960. The van der Waals surface area contributed by atoms with Gasteiger partial charge >= 0.3 is 0 Å². The highest BCUT2D eigenvalue weighted by atomic mass is 35.5. The molecule has 0 saturated carbocycles. The summed E-state index contributed by atoms with van der Waals surface area (Å²) in [7, 11) is 0. The quantitative estimate of drug-likeness (QED) is 0.391. The molecule has 0 aliphatic heterocycles. The van der Waals surface area contributed by atoms with Gasteiger partial charge in [0.25, 0.3) is 0 Å². The van der Waals surface area contributed by atoms with Gasteiger partial charge in [0, 0.05) is 5.88 Å². The Morgan fingerprint density at radius 1 is 0.407 bits per heavy atom.